The number of ether oxygens (including phenoxy) is 1. The first-order chi connectivity index (χ1) is 12.2. The lowest BCUT2D eigenvalue weighted by molar-refractivity contribution is -0.137. The molecule has 1 atom stereocenters. The van der Waals surface area contributed by atoms with Gasteiger partial charge in [-0.05, 0) is 57.2 Å². The maximum Gasteiger partial charge on any atom is 0.416 e. The van der Waals surface area contributed by atoms with Crippen LogP contribution in [0, 0.1) is 5.92 Å². The summed E-state index contributed by atoms with van der Waals surface area (Å²) in [6.45, 7) is 9.05. The zero-order valence-corrected chi connectivity index (χ0v) is 16.8. The lowest BCUT2D eigenvalue weighted by Gasteiger charge is -2.34. The molecule has 0 saturated carbocycles. The quantitative estimate of drug-likeness (QED) is 0.347. The number of alkyl halides is 3. The zero-order chi connectivity index (χ0) is 19.6. The molecule has 0 aliphatic rings. The van der Waals surface area contributed by atoms with Gasteiger partial charge in [0.15, 0.2) is 0 Å². The highest BCUT2D eigenvalue weighted by Gasteiger charge is 2.32. The van der Waals surface area contributed by atoms with Crippen molar-refractivity contribution in [1.29, 1.82) is 0 Å². The minimum Gasteiger partial charge on any atom is -0.376 e. The normalized spacial score (nSPS) is 13.8. The fourth-order valence-corrected chi connectivity index (χ4v) is 3.47. The van der Waals surface area contributed by atoms with Crippen molar-refractivity contribution in [2.45, 2.75) is 90.8 Å². The molecule has 150 valence electrons. The summed E-state index contributed by atoms with van der Waals surface area (Å²) in [5, 5.41) is 0. The second-order valence-electron chi connectivity index (χ2n) is 7.69. The van der Waals surface area contributed by atoms with Crippen LogP contribution in [0.3, 0.4) is 0 Å². The average Bonchev–Trinajstić information content (AvgIpc) is 2.56. The molecule has 0 amide bonds. The van der Waals surface area contributed by atoms with Crippen LogP contribution in [-0.2, 0) is 17.3 Å². The smallest absolute Gasteiger partial charge is 0.376 e. The highest BCUT2D eigenvalue weighted by molar-refractivity contribution is 5.25. The molecule has 0 radical (unpaired) electrons. The van der Waals surface area contributed by atoms with E-state index in [1.54, 1.807) is 12.1 Å². The lowest BCUT2D eigenvalue weighted by Crippen LogP contribution is -2.36. The third kappa shape index (κ3) is 8.11. The summed E-state index contributed by atoms with van der Waals surface area (Å²) in [5.41, 5.74) is 0.0838. The topological polar surface area (TPSA) is 9.23 Å². The Hall–Kier alpha value is -1.03. The lowest BCUT2D eigenvalue weighted by atomic mass is 9.81. The predicted molar refractivity (Wildman–Crippen MR) is 102 cm³/mol. The third-order valence-electron chi connectivity index (χ3n) is 5.17. The number of halogens is 3. The second-order valence-corrected chi connectivity index (χ2v) is 7.69. The van der Waals surface area contributed by atoms with Crippen molar-refractivity contribution in [1.82, 2.24) is 0 Å². The van der Waals surface area contributed by atoms with Crippen molar-refractivity contribution >= 4 is 0 Å². The van der Waals surface area contributed by atoms with Gasteiger partial charge in [0.1, 0.15) is 0 Å². The number of rotatable bonds is 12. The van der Waals surface area contributed by atoms with Crippen molar-refractivity contribution < 1.29 is 17.9 Å². The molecule has 0 aliphatic carbocycles. The first kappa shape index (κ1) is 23.0. The molecule has 1 aromatic rings. The Morgan fingerprint density at radius 2 is 1.46 bits per heavy atom. The summed E-state index contributed by atoms with van der Waals surface area (Å²) in [6, 6.07) is 5.59. The molecule has 0 spiro atoms. The number of hydrogen-bond acceptors (Lipinski definition) is 1. The Morgan fingerprint density at radius 1 is 0.885 bits per heavy atom. The molecule has 0 aliphatic heterocycles. The Kier molecular flexibility index (Phi) is 9.70. The third-order valence-corrected chi connectivity index (χ3v) is 5.17. The Morgan fingerprint density at radius 3 is 2.00 bits per heavy atom. The number of benzene rings is 1. The van der Waals surface area contributed by atoms with Gasteiger partial charge in [-0.15, -0.1) is 0 Å². The molecule has 0 bridgehead atoms. The Labute approximate surface area is 157 Å². The van der Waals surface area contributed by atoms with E-state index in [9.17, 15) is 13.2 Å². The maximum absolute atomic E-state index is 12.7. The highest BCUT2D eigenvalue weighted by Crippen LogP contribution is 2.32. The molecule has 0 saturated heterocycles. The minimum absolute atomic E-state index is 0.277. The van der Waals surface area contributed by atoms with Crippen molar-refractivity contribution in [2.75, 3.05) is 6.61 Å². The Balaban J connectivity index is 2.69. The summed E-state index contributed by atoms with van der Waals surface area (Å²) >= 11 is 0. The van der Waals surface area contributed by atoms with Crippen molar-refractivity contribution in [2.24, 2.45) is 5.92 Å². The van der Waals surface area contributed by atoms with Crippen LogP contribution < -0.4 is 0 Å². The van der Waals surface area contributed by atoms with Gasteiger partial charge in [-0.25, -0.2) is 0 Å². The van der Waals surface area contributed by atoms with E-state index in [0.29, 0.717) is 12.5 Å². The van der Waals surface area contributed by atoms with Gasteiger partial charge in [-0.3, -0.25) is 0 Å². The molecule has 4 heteroatoms. The number of unbranched alkanes of at least 4 members (excludes halogenated alkanes) is 5. The van der Waals surface area contributed by atoms with Crippen LogP contribution in [0.25, 0.3) is 0 Å². The first-order valence-electron chi connectivity index (χ1n) is 10.0. The maximum atomic E-state index is 12.7. The van der Waals surface area contributed by atoms with Crippen molar-refractivity contribution in [3.05, 3.63) is 35.4 Å². The molecule has 1 nitrogen and oxygen atoms in total. The van der Waals surface area contributed by atoms with Crippen LogP contribution in [0.5, 0.6) is 0 Å². The van der Waals surface area contributed by atoms with E-state index < -0.39 is 11.7 Å². The number of hydrogen-bond donors (Lipinski definition) is 0. The molecule has 0 heterocycles. The highest BCUT2D eigenvalue weighted by atomic mass is 19.4. The monoisotopic (exact) mass is 372 g/mol. The van der Waals surface area contributed by atoms with Crippen LogP contribution >= 0.6 is 0 Å². The van der Waals surface area contributed by atoms with Crippen LogP contribution in [0.4, 0.5) is 13.2 Å². The molecule has 0 fully saturated rings. The summed E-state index contributed by atoms with van der Waals surface area (Å²) in [6.07, 6.45) is 4.96. The van der Waals surface area contributed by atoms with Gasteiger partial charge in [0, 0.05) is 6.61 Å². The van der Waals surface area contributed by atoms with Crippen LogP contribution in [0.15, 0.2) is 24.3 Å². The van der Waals surface area contributed by atoms with Crippen LogP contribution in [-0.4, -0.2) is 12.2 Å². The van der Waals surface area contributed by atoms with Gasteiger partial charge < -0.3 is 4.74 Å². The standard InChI is InChI=1S/C22H35F3O/c1-5-7-8-9-10-11-12-20(21(3,4)26-6-2)17-18-13-15-19(16-14-18)22(23,24)25/h13-16,20H,5-12,17H2,1-4H3. The zero-order valence-electron chi connectivity index (χ0n) is 16.8. The molecule has 1 unspecified atom stereocenters. The fraction of sp³-hybridized carbons (Fsp3) is 0.727. The molecule has 0 N–H and O–H groups in total. The average molecular weight is 373 g/mol. The molecule has 26 heavy (non-hydrogen) atoms. The van der Waals surface area contributed by atoms with E-state index in [4.69, 9.17) is 4.74 Å². The van der Waals surface area contributed by atoms with Gasteiger partial charge >= 0.3 is 6.18 Å². The summed E-state index contributed by atoms with van der Waals surface area (Å²) in [5.74, 6) is 0.297. The molecule has 1 rings (SSSR count). The summed E-state index contributed by atoms with van der Waals surface area (Å²) in [7, 11) is 0. The van der Waals surface area contributed by atoms with Gasteiger partial charge in [0.2, 0.25) is 0 Å². The Bertz CT molecular complexity index is 491. The molecular formula is C22H35F3O. The van der Waals surface area contributed by atoms with Gasteiger partial charge in [-0.2, -0.15) is 13.2 Å². The van der Waals surface area contributed by atoms with E-state index in [0.717, 1.165) is 24.8 Å². The molecule has 0 aromatic heterocycles. The van der Waals surface area contributed by atoms with Crippen molar-refractivity contribution in [3.8, 4) is 0 Å². The van der Waals surface area contributed by atoms with E-state index >= 15 is 0 Å². The van der Waals surface area contributed by atoms with Crippen molar-refractivity contribution in [3.63, 3.8) is 0 Å². The van der Waals surface area contributed by atoms with E-state index in [2.05, 4.69) is 20.8 Å². The van der Waals surface area contributed by atoms with Gasteiger partial charge in [-0.1, -0.05) is 57.6 Å². The predicted octanol–water partition coefficient (Wildman–Crippen LogP) is 7.43. The largest absolute Gasteiger partial charge is 0.416 e. The summed E-state index contributed by atoms with van der Waals surface area (Å²) < 4.78 is 44.2. The van der Waals surface area contributed by atoms with Gasteiger partial charge in [0.05, 0.1) is 11.2 Å². The first-order valence-corrected chi connectivity index (χ1v) is 10.0. The summed E-state index contributed by atoms with van der Waals surface area (Å²) in [4.78, 5) is 0. The molecular weight excluding hydrogens is 337 g/mol. The van der Waals surface area contributed by atoms with Crippen LogP contribution in [0.2, 0.25) is 0 Å². The fourth-order valence-electron chi connectivity index (χ4n) is 3.47. The molecule has 1 aromatic carbocycles. The SMILES string of the molecule is CCCCCCCCC(Cc1ccc(C(F)(F)F)cc1)C(C)(C)OCC. The van der Waals surface area contributed by atoms with E-state index in [-0.39, 0.29) is 5.60 Å². The minimum atomic E-state index is -4.28. The van der Waals surface area contributed by atoms with E-state index in [1.165, 1.54) is 44.2 Å². The second kappa shape index (κ2) is 11.0. The van der Waals surface area contributed by atoms with Crippen LogP contribution in [0.1, 0.15) is 83.8 Å². The van der Waals surface area contributed by atoms with E-state index in [1.807, 2.05) is 6.92 Å². The van der Waals surface area contributed by atoms with Gasteiger partial charge in [0.25, 0.3) is 0 Å².